The van der Waals surface area contributed by atoms with E-state index in [-0.39, 0.29) is 30.2 Å². The summed E-state index contributed by atoms with van der Waals surface area (Å²) < 4.78 is 57.8. The van der Waals surface area contributed by atoms with Crippen molar-refractivity contribution < 1.29 is 32.3 Å². The van der Waals surface area contributed by atoms with Gasteiger partial charge in [-0.3, -0.25) is 0 Å². The standard InChI is InChI=1S/C27H24BrF3N2O4S/c28-18-11-22-20(12-19(18)29)32-25(38-22)27(34)9-7-15(8-10-27)35-13-17-23(33-37-24(17)14-5-6-14)16-3-1-2-4-21(16)36-26(30)31/h1-4,11-12,14-15,26,34H,5-10,13H2/t15-,27+. The third kappa shape index (κ3) is 5.09. The van der Waals surface area contributed by atoms with E-state index in [1.54, 1.807) is 24.3 Å². The zero-order chi connectivity index (χ0) is 26.4. The van der Waals surface area contributed by atoms with Crippen molar-refractivity contribution in [2.75, 3.05) is 0 Å². The van der Waals surface area contributed by atoms with Crippen LogP contribution in [0.25, 0.3) is 21.5 Å². The van der Waals surface area contributed by atoms with Crippen molar-refractivity contribution in [3.8, 4) is 17.0 Å². The summed E-state index contributed by atoms with van der Waals surface area (Å²) in [6.45, 7) is -2.74. The second-order valence-electron chi connectivity index (χ2n) is 9.82. The Balaban J connectivity index is 1.17. The first-order valence-corrected chi connectivity index (χ1v) is 14.0. The van der Waals surface area contributed by atoms with E-state index in [2.05, 4.69) is 26.1 Å². The molecule has 0 spiro atoms. The SMILES string of the molecule is O[C@]1(c2nc3cc(F)c(Br)cc3s2)CC[C@H](OCc2c(-c3ccccc3OC(F)F)noc2C2CC2)CC1. The number of hydrogen-bond donors (Lipinski definition) is 1. The van der Waals surface area contributed by atoms with E-state index in [0.717, 1.165) is 28.9 Å². The molecular formula is C27H24BrF3N2O4S. The fourth-order valence-electron chi connectivity index (χ4n) is 4.97. The quantitative estimate of drug-likeness (QED) is 0.221. The second-order valence-corrected chi connectivity index (χ2v) is 11.7. The Hall–Kier alpha value is -2.47. The number of rotatable bonds is 8. The van der Waals surface area contributed by atoms with E-state index in [0.29, 0.717) is 51.9 Å². The minimum Gasteiger partial charge on any atom is -0.434 e. The van der Waals surface area contributed by atoms with Crippen LogP contribution in [0.1, 0.15) is 60.8 Å². The van der Waals surface area contributed by atoms with E-state index < -0.39 is 12.2 Å². The molecule has 2 aliphatic rings. The summed E-state index contributed by atoms with van der Waals surface area (Å²) in [7, 11) is 0. The molecule has 2 aromatic heterocycles. The van der Waals surface area contributed by atoms with Crippen LogP contribution in [0.15, 0.2) is 45.4 Å². The minimum absolute atomic E-state index is 0.0323. The molecule has 11 heteroatoms. The van der Waals surface area contributed by atoms with Crippen LogP contribution in [0.3, 0.4) is 0 Å². The number of halogens is 4. The second kappa shape index (κ2) is 10.3. The molecule has 2 saturated carbocycles. The summed E-state index contributed by atoms with van der Waals surface area (Å²) in [4.78, 5) is 4.51. The lowest BCUT2D eigenvalue weighted by atomic mass is 9.83. The van der Waals surface area contributed by atoms with Gasteiger partial charge in [-0.15, -0.1) is 11.3 Å². The average molecular weight is 609 g/mol. The number of fused-ring (bicyclic) bond motifs is 1. The molecule has 0 aliphatic heterocycles. The lowest BCUT2D eigenvalue weighted by Gasteiger charge is -2.34. The molecule has 4 aromatic rings. The topological polar surface area (TPSA) is 77.6 Å². The number of benzene rings is 2. The van der Waals surface area contributed by atoms with E-state index in [1.807, 2.05) is 0 Å². The molecule has 0 saturated heterocycles. The van der Waals surface area contributed by atoms with Crippen LogP contribution in [0.5, 0.6) is 5.75 Å². The van der Waals surface area contributed by atoms with Gasteiger partial charge in [0.25, 0.3) is 0 Å². The summed E-state index contributed by atoms with van der Waals surface area (Å²) in [5, 5.41) is 16.2. The number of alkyl halides is 2. The summed E-state index contributed by atoms with van der Waals surface area (Å²) in [5.41, 5.74) is 1.06. The highest BCUT2D eigenvalue weighted by molar-refractivity contribution is 9.10. The number of para-hydroxylation sites is 1. The minimum atomic E-state index is -2.96. The van der Waals surface area contributed by atoms with Crippen molar-refractivity contribution in [3.05, 3.63) is 63.0 Å². The number of thiazole rings is 1. The Morgan fingerprint density at radius 3 is 2.66 bits per heavy atom. The molecule has 0 bridgehead atoms. The van der Waals surface area contributed by atoms with Crippen LogP contribution in [0.4, 0.5) is 13.2 Å². The summed E-state index contributed by atoms with van der Waals surface area (Å²) in [6.07, 6.45) is 3.98. The van der Waals surface area contributed by atoms with Crippen molar-refractivity contribution in [2.45, 2.75) is 69.4 Å². The normalized spacial score (nSPS) is 21.9. The maximum atomic E-state index is 13.9. The third-order valence-corrected chi connectivity index (χ3v) is 9.00. The van der Waals surface area contributed by atoms with Gasteiger partial charge < -0.3 is 19.1 Å². The smallest absolute Gasteiger partial charge is 0.387 e. The zero-order valence-electron chi connectivity index (χ0n) is 20.1. The van der Waals surface area contributed by atoms with Gasteiger partial charge in [0.1, 0.15) is 33.6 Å². The molecule has 0 amide bonds. The van der Waals surface area contributed by atoms with Gasteiger partial charge in [0, 0.05) is 23.1 Å². The van der Waals surface area contributed by atoms with Crippen LogP contribution >= 0.6 is 27.3 Å². The lowest BCUT2D eigenvalue weighted by Crippen LogP contribution is -2.34. The summed E-state index contributed by atoms with van der Waals surface area (Å²) >= 11 is 4.57. The van der Waals surface area contributed by atoms with Crippen LogP contribution in [0, 0.1) is 5.82 Å². The number of ether oxygens (including phenoxy) is 2. The van der Waals surface area contributed by atoms with Crippen LogP contribution < -0.4 is 4.74 Å². The molecule has 38 heavy (non-hydrogen) atoms. The summed E-state index contributed by atoms with van der Waals surface area (Å²) in [5.74, 6) is 0.621. The van der Waals surface area contributed by atoms with Gasteiger partial charge in [-0.05, 0) is 72.7 Å². The molecule has 0 radical (unpaired) electrons. The molecule has 6 nitrogen and oxygen atoms in total. The van der Waals surface area contributed by atoms with Gasteiger partial charge >= 0.3 is 6.61 Å². The highest BCUT2D eigenvalue weighted by atomic mass is 79.9. The van der Waals surface area contributed by atoms with Crippen molar-refractivity contribution in [3.63, 3.8) is 0 Å². The third-order valence-electron chi connectivity index (χ3n) is 7.18. The van der Waals surface area contributed by atoms with E-state index in [9.17, 15) is 18.3 Å². The zero-order valence-corrected chi connectivity index (χ0v) is 22.5. The predicted molar refractivity (Wildman–Crippen MR) is 139 cm³/mol. The Morgan fingerprint density at radius 1 is 1.16 bits per heavy atom. The molecule has 0 atom stereocenters. The van der Waals surface area contributed by atoms with E-state index >= 15 is 0 Å². The Kier molecular flexibility index (Phi) is 6.96. The fraction of sp³-hybridized carbons (Fsp3) is 0.407. The number of hydrogen-bond acceptors (Lipinski definition) is 7. The predicted octanol–water partition coefficient (Wildman–Crippen LogP) is 7.68. The van der Waals surface area contributed by atoms with E-state index in [1.165, 1.54) is 23.5 Å². The molecule has 2 fully saturated rings. The first-order chi connectivity index (χ1) is 18.3. The molecule has 200 valence electrons. The van der Waals surface area contributed by atoms with Crippen LogP contribution in [-0.4, -0.2) is 28.0 Å². The molecular weight excluding hydrogens is 585 g/mol. The van der Waals surface area contributed by atoms with Gasteiger partial charge in [0.2, 0.25) is 0 Å². The van der Waals surface area contributed by atoms with Crippen LogP contribution in [-0.2, 0) is 16.9 Å². The molecule has 2 heterocycles. The number of aromatic nitrogens is 2. The first kappa shape index (κ1) is 25.8. The molecule has 1 N–H and O–H groups in total. The highest BCUT2D eigenvalue weighted by Crippen LogP contribution is 2.46. The van der Waals surface area contributed by atoms with Crippen molar-refractivity contribution in [1.29, 1.82) is 0 Å². The van der Waals surface area contributed by atoms with Crippen LogP contribution in [0.2, 0.25) is 0 Å². The summed E-state index contributed by atoms with van der Waals surface area (Å²) in [6, 6.07) is 9.58. The largest absolute Gasteiger partial charge is 0.434 e. The fourth-order valence-corrected chi connectivity index (χ4v) is 6.60. The van der Waals surface area contributed by atoms with Gasteiger partial charge in [-0.1, -0.05) is 17.3 Å². The maximum Gasteiger partial charge on any atom is 0.387 e. The molecule has 0 unspecified atom stereocenters. The van der Waals surface area contributed by atoms with Crippen molar-refractivity contribution in [1.82, 2.24) is 10.1 Å². The van der Waals surface area contributed by atoms with Gasteiger partial charge in [-0.25, -0.2) is 9.37 Å². The van der Waals surface area contributed by atoms with Crippen molar-refractivity contribution >= 4 is 37.5 Å². The first-order valence-electron chi connectivity index (χ1n) is 12.4. The average Bonchev–Trinajstić information content (AvgIpc) is 3.52. The number of nitrogens with zero attached hydrogens (tertiary/aromatic N) is 2. The molecule has 2 aromatic carbocycles. The molecule has 2 aliphatic carbocycles. The Morgan fingerprint density at radius 2 is 1.92 bits per heavy atom. The van der Waals surface area contributed by atoms with Gasteiger partial charge in [0.15, 0.2) is 0 Å². The Bertz CT molecular complexity index is 1430. The molecule has 6 rings (SSSR count). The van der Waals surface area contributed by atoms with E-state index in [4.69, 9.17) is 14.0 Å². The number of aliphatic hydroxyl groups is 1. The van der Waals surface area contributed by atoms with Gasteiger partial charge in [-0.2, -0.15) is 8.78 Å². The monoisotopic (exact) mass is 608 g/mol. The van der Waals surface area contributed by atoms with Crippen molar-refractivity contribution in [2.24, 2.45) is 0 Å². The maximum absolute atomic E-state index is 13.9. The highest BCUT2D eigenvalue weighted by Gasteiger charge is 2.39. The van der Waals surface area contributed by atoms with Gasteiger partial charge in [0.05, 0.1) is 27.4 Å². The lowest BCUT2D eigenvalue weighted by molar-refractivity contribution is -0.0641. The Labute approximate surface area is 228 Å².